The van der Waals surface area contributed by atoms with Gasteiger partial charge in [-0.2, -0.15) is 0 Å². The van der Waals surface area contributed by atoms with Crippen molar-refractivity contribution < 1.29 is 18.8 Å². The highest BCUT2D eigenvalue weighted by Gasteiger charge is 2.24. The van der Waals surface area contributed by atoms with E-state index in [1.807, 2.05) is 24.3 Å². The van der Waals surface area contributed by atoms with Gasteiger partial charge in [-0.1, -0.05) is 17.3 Å². The van der Waals surface area contributed by atoms with Gasteiger partial charge in [0.2, 0.25) is 5.91 Å². The van der Waals surface area contributed by atoms with E-state index in [1.54, 1.807) is 25.0 Å². The van der Waals surface area contributed by atoms with Gasteiger partial charge in [-0.3, -0.25) is 9.59 Å². The third-order valence-corrected chi connectivity index (χ3v) is 4.39. The summed E-state index contributed by atoms with van der Waals surface area (Å²) in [6.07, 6.45) is 1.48. The van der Waals surface area contributed by atoms with Crippen molar-refractivity contribution in [3.05, 3.63) is 36.0 Å². The molecule has 0 bridgehead atoms. The van der Waals surface area contributed by atoms with Crippen LogP contribution in [0.25, 0.3) is 11.3 Å². The van der Waals surface area contributed by atoms with E-state index in [0.29, 0.717) is 24.6 Å². The molecular weight excluding hydrogens is 322 g/mol. The number of para-hydroxylation sites is 1. The summed E-state index contributed by atoms with van der Waals surface area (Å²) in [7, 11) is 1.58. The van der Waals surface area contributed by atoms with E-state index in [4.69, 9.17) is 9.26 Å². The second-order valence-electron chi connectivity index (χ2n) is 6.03. The Morgan fingerprint density at radius 3 is 2.68 bits per heavy atom. The fourth-order valence-electron chi connectivity index (χ4n) is 2.96. The first-order valence-corrected chi connectivity index (χ1v) is 8.25. The predicted octanol–water partition coefficient (Wildman–Crippen LogP) is 2.09. The summed E-state index contributed by atoms with van der Waals surface area (Å²) in [5.74, 6) is 0.935. The van der Waals surface area contributed by atoms with Crippen LogP contribution in [0.5, 0.6) is 5.75 Å². The number of rotatable bonds is 4. The van der Waals surface area contributed by atoms with Gasteiger partial charge in [-0.15, -0.1) is 0 Å². The number of nitrogens with one attached hydrogen (secondary N) is 1. The number of carbonyl (C=O) groups is 2. The lowest BCUT2D eigenvalue weighted by atomic mass is 10.0. The summed E-state index contributed by atoms with van der Waals surface area (Å²) in [4.78, 5) is 25.5. The van der Waals surface area contributed by atoms with Crippen molar-refractivity contribution in [2.24, 2.45) is 0 Å². The van der Waals surface area contributed by atoms with Crippen molar-refractivity contribution in [1.82, 2.24) is 15.4 Å². The van der Waals surface area contributed by atoms with Gasteiger partial charge in [0.25, 0.3) is 5.91 Å². The Morgan fingerprint density at radius 1 is 1.28 bits per heavy atom. The number of hydrogen-bond donors (Lipinski definition) is 1. The van der Waals surface area contributed by atoms with Gasteiger partial charge < -0.3 is 19.5 Å². The molecule has 1 aliphatic rings. The summed E-state index contributed by atoms with van der Waals surface area (Å²) in [6, 6.07) is 9.04. The zero-order valence-corrected chi connectivity index (χ0v) is 14.3. The standard InChI is InChI=1S/C18H21N3O4/c1-12(22)21-9-7-13(8-10-21)19-18(23)15-11-17(25-20-15)14-5-3-4-6-16(14)24-2/h3-6,11,13H,7-10H2,1-2H3,(H,19,23). The van der Waals surface area contributed by atoms with Gasteiger partial charge in [-0.05, 0) is 25.0 Å². The molecule has 0 saturated carbocycles. The zero-order valence-electron chi connectivity index (χ0n) is 14.3. The number of ether oxygens (including phenoxy) is 1. The fraction of sp³-hybridized carbons (Fsp3) is 0.389. The zero-order chi connectivity index (χ0) is 17.8. The van der Waals surface area contributed by atoms with Crippen LogP contribution in [0.4, 0.5) is 0 Å². The molecule has 2 aromatic rings. The number of nitrogens with zero attached hydrogens (tertiary/aromatic N) is 2. The van der Waals surface area contributed by atoms with E-state index >= 15 is 0 Å². The lowest BCUT2D eigenvalue weighted by Gasteiger charge is -2.31. The predicted molar refractivity (Wildman–Crippen MR) is 91.2 cm³/mol. The van der Waals surface area contributed by atoms with Crippen LogP contribution in [-0.2, 0) is 4.79 Å². The minimum absolute atomic E-state index is 0.0366. The van der Waals surface area contributed by atoms with Crippen molar-refractivity contribution in [2.75, 3.05) is 20.2 Å². The molecular formula is C18H21N3O4. The minimum atomic E-state index is -0.272. The average Bonchev–Trinajstić information content (AvgIpc) is 3.12. The molecule has 2 amide bonds. The van der Waals surface area contributed by atoms with E-state index in [0.717, 1.165) is 18.4 Å². The molecule has 25 heavy (non-hydrogen) atoms. The molecule has 132 valence electrons. The fourth-order valence-corrected chi connectivity index (χ4v) is 2.96. The van der Waals surface area contributed by atoms with Gasteiger partial charge in [0.15, 0.2) is 11.5 Å². The maximum absolute atomic E-state index is 12.4. The average molecular weight is 343 g/mol. The van der Waals surface area contributed by atoms with Crippen LogP contribution in [0.3, 0.4) is 0 Å². The Kier molecular flexibility index (Phi) is 5.02. The lowest BCUT2D eigenvalue weighted by Crippen LogP contribution is -2.46. The van der Waals surface area contributed by atoms with Gasteiger partial charge in [-0.25, -0.2) is 0 Å². The first kappa shape index (κ1) is 17.0. The third-order valence-electron chi connectivity index (χ3n) is 4.39. The number of aromatic nitrogens is 1. The van der Waals surface area contributed by atoms with Gasteiger partial charge >= 0.3 is 0 Å². The van der Waals surface area contributed by atoms with E-state index in [-0.39, 0.29) is 23.6 Å². The SMILES string of the molecule is COc1ccccc1-c1cc(C(=O)NC2CCN(C(C)=O)CC2)no1. The molecule has 0 unspecified atom stereocenters. The first-order valence-electron chi connectivity index (χ1n) is 8.25. The Hall–Kier alpha value is -2.83. The molecule has 1 saturated heterocycles. The Balaban J connectivity index is 1.64. The molecule has 1 aromatic carbocycles. The summed E-state index contributed by atoms with van der Waals surface area (Å²) in [5.41, 5.74) is 0.973. The van der Waals surface area contributed by atoms with Gasteiger partial charge in [0.05, 0.1) is 12.7 Å². The van der Waals surface area contributed by atoms with Crippen molar-refractivity contribution in [3.8, 4) is 17.1 Å². The van der Waals surface area contributed by atoms with Crippen LogP contribution in [0.15, 0.2) is 34.9 Å². The topological polar surface area (TPSA) is 84.7 Å². The summed E-state index contributed by atoms with van der Waals surface area (Å²) < 4.78 is 10.6. The van der Waals surface area contributed by atoms with Gasteiger partial charge in [0.1, 0.15) is 5.75 Å². The highest BCUT2D eigenvalue weighted by Crippen LogP contribution is 2.29. The van der Waals surface area contributed by atoms with E-state index < -0.39 is 0 Å². The second kappa shape index (κ2) is 7.38. The molecule has 0 spiro atoms. The van der Waals surface area contributed by atoms with Crippen LogP contribution in [0.1, 0.15) is 30.3 Å². The number of amides is 2. The van der Waals surface area contributed by atoms with Crippen molar-refractivity contribution in [3.63, 3.8) is 0 Å². The highest BCUT2D eigenvalue weighted by molar-refractivity contribution is 5.93. The number of benzene rings is 1. The van der Waals surface area contributed by atoms with Crippen LogP contribution in [0.2, 0.25) is 0 Å². The summed E-state index contributed by atoms with van der Waals surface area (Å²) in [5, 5.41) is 6.83. The molecule has 3 rings (SSSR count). The molecule has 1 N–H and O–H groups in total. The van der Waals surface area contributed by atoms with Crippen molar-refractivity contribution >= 4 is 11.8 Å². The third kappa shape index (κ3) is 3.81. The molecule has 2 heterocycles. The van der Waals surface area contributed by atoms with E-state index in [1.165, 1.54) is 0 Å². The first-order chi connectivity index (χ1) is 12.1. The van der Waals surface area contributed by atoms with Crippen molar-refractivity contribution in [1.29, 1.82) is 0 Å². The molecule has 0 radical (unpaired) electrons. The smallest absolute Gasteiger partial charge is 0.273 e. The number of likely N-dealkylation sites (tertiary alicyclic amines) is 1. The highest BCUT2D eigenvalue weighted by atomic mass is 16.5. The normalized spacial score (nSPS) is 15.0. The molecule has 1 fully saturated rings. The molecule has 7 nitrogen and oxygen atoms in total. The molecule has 0 atom stereocenters. The number of piperidine rings is 1. The lowest BCUT2D eigenvalue weighted by molar-refractivity contribution is -0.129. The Morgan fingerprint density at radius 2 is 2.00 bits per heavy atom. The van der Waals surface area contributed by atoms with Crippen molar-refractivity contribution in [2.45, 2.75) is 25.8 Å². The van der Waals surface area contributed by atoms with E-state index in [2.05, 4.69) is 10.5 Å². The molecule has 1 aliphatic heterocycles. The maximum Gasteiger partial charge on any atom is 0.273 e. The molecule has 7 heteroatoms. The second-order valence-corrected chi connectivity index (χ2v) is 6.03. The summed E-state index contributed by atoms with van der Waals surface area (Å²) >= 11 is 0. The van der Waals surface area contributed by atoms with Crippen LogP contribution >= 0.6 is 0 Å². The van der Waals surface area contributed by atoms with E-state index in [9.17, 15) is 9.59 Å². The Labute approximate surface area is 145 Å². The number of hydrogen-bond acceptors (Lipinski definition) is 5. The molecule has 1 aromatic heterocycles. The maximum atomic E-state index is 12.4. The van der Waals surface area contributed by atoms with Crippen LogP contribution in [0, 0.1) is 0 Å². The van der Waals surface area contributed by atoms with Gasteiger partial charge in [0, 0.05) is 32.1 Å². The van der Waals surface area contributed by atoms with Crippen LogP contribution < -0.4 is 10.1 Å². The summed E-state index contributed by atoms with van der Waals surface area (Å²) in [6.45, 7) is 2.88. The quantitative estimate of drug-likeness (QED) is 0.919. The Bertz CT molecular complexity index is 763. The largest absolute Gasteiger partial charge is 0.496 e. The minimum Gasteiger partial charge on any atom is -0.496 e. The monoisotopic (exact) mass is 343 g/mol. The van der Waals surface area contributed by atoms with Crippen LogP contribution in [-0.4, -0.2) is 48.1 Å². The number of carbonyl (C=O) groups excluding carboxylic acids is 2. The molecule has 0 aliphatic carbocycles. The number of methoxy groups -OCH3 is 1.